The fourth-order valence-corrected chi connectivity index (χ4v) is 2.79. The molecule has 1 unspecified atom stereocenters. The van der Waals surface area contributed by atoms with Crippen LogP contribution in [0.5, 0.6) is 0 Å². The second-order valence-corrected chi connectivity index (χ2v) is 4.96. The van der Waals surface area contributed by atoms with Crippen molar-refractivity contribution in [1.29, 1.82) is 0 Å². The van der Waals surface area contributed by atoms with Crippen LogP contribution in [0.4, 0.5) is 5.69 Å². The summed E-state index contributed by atoms with van der Waals surface area (Å²) in [4.78, 5) is 9.68. The lowest BCUT2D eigenvalue weighted by molar-refractivity contribution is 0.752. The first kappa shape index (κ1) is 10.7. The summed E-state index contributed by atoms with van der Waals surface area (Å²) in [6.45, 7) is 1.87. The number of rotatable bonds is 1. The van der Waals surface area contributed by atoms with Crippen molar-refractivity contribution in [3.05, 3.63) is 24.5 Å². The maximum atomic E-state index is 6.01. The van der Waals surface area contributed by atoms with Crippen molar-refractivity contribution in [3.8, 4) is 0 Å². The number of fused-ring (bicyclic) bond motifs is 3. The Hall–Kier alpha value is -2.21. The molecule has 19 heavy (non-hydrogen) atoms. The van der Waals surface area contributed by atoms with E-state index in [2.05, 4.69) is 31.1 Å². The van der Waals surface area contributed by atoms with Gasteiger partial charge in [0, 0.05) is 36.9 Å². The first-order valence-corrected chi connectivity index (χ1v) is 6.42. The van der Waals surface area contributed by atoms with Crippen LogP contribution in [0, 0.1) is 0 Å². The Morgan fingerprint density at radius 1 is 1.32 bits per heavy atom. The van der Waals surface area contributed by atoms with Gasteiger partial charge in [0.25, 0.3) is 0 Å². The van der Waals surface area contributed by atoms with E-state index >= 15 is 0 Å². The average molecular weight is 254 g/mol. The molecule has 1 fully saturated rings. The molecule has 4 heterocycles. The largest absolute Gasteiger partial charge is 0.369 e. The number of aromatic amines is 1. The third-order valence-corrected chi connectivity index (χ3v) is 3.71. The molecule has 1 aliphatic heterocycles. The minimum atomic E-state index is 0.252. The van der Waals surface area contributed by atoms with E-state index in [0.717, 1.165) is 41.6 Å². The van der Waals surface area contributed by atoms with Gasteiger partial charge in [0.05, 0.1) is 11.1 Å². The lowest BCUT2D eigenvalue weighted by Crippen LogP contribution is -2.26. The number of nitrogens with zero attached hydrogens (tertiary/aromatic N) is 4. The zero-order valence-corrected chi connectivity index (χ0v) is 10.4. The van der Waals surface area contributed by atoms with Crippen molar-refractivity contribution >= 4 is 27.8 Å². The van der Waals surface area contributed by atoms with Gasteiger partial charge in [-0.15, -0.1) is 10.2 Å². The highest BCUT2D eigenvalue weighted by molar-refractivity contribution is 6.08. The average Bonchev–Trinajstić information content (AvgIpc) is 3.06. The monoisotopic (exact) mass is 254 g/mol. The molecule has 0 aliphatic carbocycles. The topological polar surface area (TPSA) is 83.7 Å². The van der Waals surface area contributed by atoms with Gasteiger partial charge in [0.15, 0.2) is 11.3 Å². The molecule has 6 heteroatoms. The predicted octanol–water partition coefficient (Wildman–Crippen LogP) is 1.04. The summed E-state index contributed by atoms with van der Waals surface area (Å²) in [5.41, 5.74) is 8.65. The van der Waals surface area contributed by atoms with Gasteiger partial charge in [0.2, 0.25) is 0 Å². The molecule has 1 aliphatic rings. The number of H-pyrrole nitrogens is 1. The Morgan fingerprint density at radius 2 is 2.26 bits per heavy atom. The molecule has 3 N–H and O–H groups in total. The standard InChI is InChI=1S/C13H14N6/c14-8-3-6-19(7-8)10-2-5-16-13-11(10)9-1-4-15-12(9)17-18-13/h1-2,4-5,8H,3,6-7,14H2,(H,16,18). The molecule has 1 saturated heterocycles. The summed E-state index contributed by atoms with van der Waals surface area (Å²) in [5, 5.41) is 10.4. The van der Waals surface area contributed by atoms with Gasteiger partial charge in [-0.3, -0.25) is 0 Å². The molecule has 4 rings (SSSR count). The molecule has 0 saturated carbocycles. The summed E-state index contributed by atoms with van der Waals surface area (Å²) >= 11 is 0. The smallest absolute Gasteiger partial charge is 0.182 e. The zero-order valence-electron chi connectivity index (χ0n) is 10.4. The van der Waals surface area contributed by atoms with E-state index in [1.807, 2.05) is 12.3 Å². The van der Waals surface area contributed by atoms with Crippen LogP contribution in [0.25, 0.3) is 22.1 Å². The van der Waals surface area contributed by atoms with Crippen LogP contribution >= 0.6 is 0 Å². The van der Waals surface area contributed by atoms with Crippen LogP contribution in [0.2, 0.25) is 0 Å². The van der Waals surface area contributed by atoms with Crippen molar-refractivity contribution in [2.75, 3.05) is 18.0 Å². The number of aromatic nitrogens is 4. The Kier molecular flexibility index (Phi) is 2.19. The van der Waals surface area contributed by atoms with E-state index in [9.17, 15) is 0 Å². The molecule has 1 atom stereocenters. The first-order chi connectivity index (χ1) is 9.33. The van der Waals surface area contributed by atoms with Gasteiger partial charge in [0.1, 0.15) is 0 Å². The Balaban J connectivity index is 2.01. The van der Waals surface area contributed by atoms with Gasteiger partial charge in [-0.2, -0.15) is 0 Å². The van der Waals surface area contributed by atoms with E-state index in [1.165, 1.54) is 0 Å². The molecule has 0 aromatic carbocycles. The van der Waals surface area contributed by atoms with Crippen LogP contribution in [0.3, 0.4) is 0 Å². The molecular formula is C13H14N6. The van der Waals surface area contributed by atoms with Crippen molar-refractivity contribution in [2.24, 2.45) is 5.73 Å². The van der Waals surface area contributed by atoms with E-state index in [0.29, 0.717) is 5.65 Å². The van der Waals surface area contributed by atoms with Crippen LogP contribution < -0.4 is 10.6 Å². The maximum absolute atomic E-state index is 6.01. The molecule has 96 valence electrons. The summed E-state index contributed by atoms with van der Waals surface area (Å²) in [7, 11) is 0. The lowest BCUT2D eigenvalue weighted by atomic mass is 10.2. The van der Waals surface area contributed by atoms with Crippen molar-refractivity contribution < 1.29 is 0 Å². The normalized spacial score (nSPS) is 19.6. The van der Waals surface area contributed by atoms with E-state index in [1.54, 1.807) is 6.20 Å². The molecule has 0 bridgehead atoms. The van der Waals surface area contributed by atoms with Crippen molar-refractivity contribution in [3.63, 3.8) is 0 Å². The maximum Gasteiger partial charge on any atom is 0.182 e. The number of pyridine rings is 1. The highest BCUT2D eigenvalue weighted by Crippen LogP contribution is 2.31. The van der Waals surface area contributed by atoms with Crippen molar-refractivity contribution in [1.82, 2.24) is 20.2 Å². The van der Waals surface area contributed by atoms with E-state index in [-0.39, 0.29) is 6.04 Å². The first-order valence-electron chi connectivity index (χ1n) is 6.42. The van der Waals surface area contributed by atoms with Gasteiger partial charge in [-0.1, -0.05) is 0 Å². The SMILES string of the molecule is NC1CCN(c2cc[nH]c3nnc4nccc4c23)C1. The summed E-state index contributed by atoms with van der Waals surface area (Å²) in [6.07, 6.45) is 4.70. The minimum absolute atomic E-state index is 0.252. The number of nitrogens with one attached hydrogen (secondary N) is 1. The third-order valence-electron chi connectivity index (χ3n) is 3.71. The second kappa shape index (κ2) is 3.89. The van der Waals surface area contributed by atoms with Crippen LogP contribution in [-0.4, -0.2) is 39.3 Å². The summed E-state index contributed by atoms with van der Waals surface area (Å²) < 4.78 is 0. The highest BCUT2D eigenvalue weighted by atomic mass is 15.2. The predicted molar refractivity (Wildman–Crippen MR) is 74.0 cm³/mol. The van der Waals surface area contributed by atoms with Crippen LogP contribution in [0.1, 0.15) is 6.42 Å². The minimum Gasteiger partial charge on any atom is -0.369 e. The van der Waals surface area contributed by atoms with Gasteiger partial charge < -0.3 is 15.6 Å². The molecule has 3 aromatic heterocycles. The summed E-state index contributed by atoms with van der Waals surface area (Å²) in [5.74, 6) is 0. The van der Waals surface area contributed by atoms with Gasteiger partial charge >= 0.3 is 0 Å². The molecular weight excluding hydrogens is 240 g/mol. The quantitative estimate of drug-likeness (QED) is 0.678. The van der Waals surface area contributed by atoms with Crippen LogP contribution in [0.15, 0.2) is 24.5 Å². The number of anilines is 1. The van der Waals surface area contributed by atoms with Crippen molar-refractivity contribution in [2.45, 2.75) is 12.5 Å². The molecule has 0 radical (unpaired) electrons. The van der Waals surface area contributed by atoms with E-state index in [4.69, 9.17) is 5.73 Å². The molecule has 6 nitrogen and oxygen atoms in total. The summed E-state index contributed by atoms with van der Waals surface area (Å²) in [6, 6.07) is 4.32. The molecule has 3 aromatic rings. The fourth-order valence-electron chi connectivity index (χ4n) is 2.79. The molecule has 0 spiro atoms. The van der Waals surface area contributed by atoms with E-state index < -0.39 is 0 Å². The number of hydrogen-bond donors (Lipinski definition) is 2. The Morgan fingerprint density at radius 3 is 3.11 bits per heavy atom. The third kappa shape index (κ3) is 1.57. The second-order valence-electron chi connectivity index (χ2n) is 4.96. The van der Waals surface area contributed by atoms with Gasteiger partial charge in [-0.25, -0.2) is 4.98 Å². The lowest BCUT2D eigenvalue weighted by Gasteiger charge is -2.20. The number of hydrogen-bond acceptors (Lipinski definition) is 5. The molecule has 0 amide bonds. The van der Waals surface area contributed by atoms with Gasteiger partial charge in [-0.05, 0) is 18.6 Å². The highest BCUT2D eigenvalue weighted by Gasteiger charge is 2.22. The van der Waals surface area contributed by atoms with Crippen LogP contribution in [-0.2, 0) is 0 Å². The Bertz CT molecular complexity index is 749. The zero-order chi connectivity index (χ0) is 12.8. The fraction of sp³-hybridized carbons (Fsp3) is 0.308. The number of nitrogens with two attached hydrogens (primary N) is 1. The Labute approximate surface area is 109 Å².